The number of nitrogen functional groups attached to an aromatic ring is 1. The maximum absolute atomic E-state index is 5.93. The van der Waals surface area contributed by atoms with Gasteiger partial charge in [0, 0.05) is 25.7 Å². The molecule has 1 aromatic carbocycles. The standard InChI is InChI=1S/C16H20N4O/c1-12-18-15(17)9-16(19-12)21-14-7-8-20(11-14)10-13-5-3-2-4-6-13/h2-6,9,14H,7-8,10-11H2,1H3,(H2,17,18,19). The van der Waals surface area contributed by atoms with Gasteiger partial charge in [-0.1, -0.05) is 30.3 Å². The monoisotopic (exact) mass is 284 g/mol. The summed E-state index contributed by atoms with van der Waals surface area (Å²) in [4.78, 5) is 10.7. The van der Waals surface area contributed by atoms with Gasteiger partial charge in [-0.2, -0.15) is 4.98 Å². The first-order valence-corrected chi connectivity index (χ1v) is 7.23. The Morgan fingerprint density at radius 3 is 2.86 bits per heavy atom. The first-order chi connectivity index (χ1) is 10.2. The Kier molecular flexibility index (Phi) is 4.01. The van der Waals surface area contributed by atoms with Crippen LogP contribution in [0.15, 0.2) is 36.4 Å². The smallest absolute Gasteiger partial charge is 0.219 e. The molecule has 1 atom stereocenters. The molecular formula is C16H20N4O. The van der Waals surface area contributed by atoms with E-state index >= 15 is 0 Å². The van der Waals surface area contributed by atoms with Gasteiger partial charge < -0.3 is 10.5 Å². The highest BCUT2D eigenvalue weighted by Gasteiger charge is 2.24. The highest BCUT2D eigenvalue weighted by Crippen LogP contribution is 2.19. The quantitative estimate of drug-likeness (QED) is 0.930. The number of anilines is 1. The zero-order valence-corrected chi connectivity index (χ0v) is 12.2. The lowest BCUT2D eigenvalue weighted by molar-refractivity contribution is 0.191. The van der Waals surface area contributed by atoms with Crippen molar-refractivity contribution >= 4 is 5.82 Å². The number of hydrogen-bond acceptors (Lipinski definition) is 5. The van der Waals surface area contributed by atoms with Crippen LogP contribution in [0.4, 0.5) is 5.82 Å². The van der Waals surface area contributed by atoms with Crippen molar-refractivity contribution in [3.05, 3.63) is 47.8 Å². The summed E-state index contributed by atoms with van der Waals surface area (Å²) in [7, 11) is 0. The summed E-state index contributed by atoms with van der Waals surface area (Å²) in [6, 6.07) is 12.2. The van der Waals surface area contributed by atoms with Crippen molar-refractivity contribution in [1.29, 1.82) is 0 Å². The first-order valence-electron chi connectivity index (χ1n) is 7.23. The largest absolute Gasteiger partial charge is 0.473 e. The molecule has 1 fully saturated rings. The first kappa shape index (κ1) is 13.8. The molecule has 0 aliphatic carbocycles. The van der Waals surface area contributed by atoms with Crippen molar-refractivity contribution < 1.29 is 4.74 Å². The Morgan fingerprint density at radius 2 is 2.10 bits per heavy atom. The zero-order valence-electron chi connectivity index (χ0n) is 12.2. The number of likely N-dealkylation sites (tertiary alicyclic amines) is 1. The van der Waals surface area contributed by atoms with Crippen LogP contribution in [0.3, 0.4) is 0 Å². The van der Waals surface area contributed by atoms with Gasteiger partial charge in [0.25, 0.3) is 0 Å². The molecule has 0 saturated carbocycles. The van der Waals surface area contributed by atoms with Crippen LogP contribution in [0.2, 0.25) is 0 Å². The van der Waals surface area contributed by atoms with Crippen LogP contribution in [0.1, 0.15) is 17.8 Å². The van der Waals surface area contributed by atoms with E-state index in [1.54, 1.807) is 6.07 Å². The number of rotatable bonds is 4. The van der Waals surface area contributed by atoms with E-state index in [1.165, 1.54) is 5.56 Å². The molecule has 21 heavy (non-hydrogen) atoms. The van der Waals surface area contributed by atoms with Crippen molar-refractivity contribution in [1.82, 2.24) is 14.9 Å². The number of ether oxygens (including phenoxy) is 1. The molecule has 5 heteroatoms. The molecule has 1 aliphatic rings. The van der Waals surface area contributed by atoms with Crippen LogP contribution >= 0.6 is 0 Å². The van der Waals surface area contributed by atoms with Crippen molar-refractivity contribution in [2.75, 3.05) is 18.8 Å². The van der Waals surface area contributed by atoms with Crippen LogP contribution < -0.4 is 10.5 Å². The summed E-state index contributed by atoms with van der Waals surface area (Å²) in [5.74, 6) is 1.67. The molecule has 0 bridgehead atoms. The molecule has 0 radical (unpaired) electrons. The molecule has 1 saturated heterocycles. The number of nitrogens with zero attached hydrogens (tertiary/aromatic N) is 3. The molecule has 1 aromatic heterocycles. The minimum atomic E-state index is 0.169. The molecular weight excluding hydrogens is 264 g/mol. The Bertz CT molecular complexity index is 582. The van der Waals surface area contributed by atoms with Crippen molar-refractivity contribution in [2.24, 2.45) is 0 Å². The molecule has 5 nitrogen and oxygen atoms in total. The third-order valence-electron chi connectivity index (χ3n) is 3.60. The Labute approximate surface area is 124 Å². The highest BCUT2D eigenvalue weighted by atomic mass is 16.5. The lowest BCUT2D eigenvalue weighted by atomic mass is 10.2. The van der Waals surface area contributed by atoms with Gasteiger partial charge in [0.1, 0.15) is 17.7 Å². The van der Waals surface area contributed by atoms with E-state index in [0.717, 1.165) is 26.1 Å². The van der Waals surface area contributed by atoms with Gasteiger partial charge in [0.05, 0.1) is 0 Å². The van der Waals surface area contributed by atoms with Crippen LogP contribution in [-0.4, -0.2) is 34.1 Å². The van der Waals surface area contributed by atoms with E-state index in [9.17, 15) is 0 Å². The Hall–Kier alpha value is -2.14. The minimum Gasteiger partial charge on any atom is -0.473 e. The summed E-state index contributed by atoms with van der Waals surface area (Å²) >= 11 is 0. The number of aromatic nitrogens is 2. The second-order valence-corrected chi connectivity index (χ2v) is 5.43. The van der Waals surface area contributed by atoms with Crippen LogP contribution in [0.25, 0.3) is 0 Å². The molecule has 0 amide bonds. The van der Waals surface area contributed by atoms with E-state index in [0.29, 0.717) is 17.5 Å². The highest BCUT2D eigenvalue weighted by molar-refractivity contribution is 5.32. The second kappa shape index (κ2) is 6.10. The molecule has 2 aromatic rings. The van der Waals surface area contributed by atoms with E-state index in [1.807, 2.05) is 13.0 Å². The van der Waals surface area contributed by atoms with E-state index in [-0.39, 0.29) is 6.10 Å². The van der Waals surface area contributed by atoms with Gasteiger partial charge >= 0.3 is 0 Å². The lowest BCUT2D eigenvalue weighted by Gasteiger charge is -2.16. The van der Waals surface area contributed by atoms with Gasteiger partial charge in [-0.3, -0.25) is 4.90 Å². The molecule has 110 valence electrons. The molecule has 2 N–H and O–H groups in total. The summed E-state index contributed by atoms with van der Waals surface area (Å²) in [6.07, 6.45) is 1.18. The minimum absolute atomic E-state index is 0.169. The fourth-order valence-corrected chi connectivity index (χ4v) is 2.67. The van der Waals surface area contributed by atoms with Gasteiger partial charge in [-0.25, -0.2) is 4.98 Å². The van der Waals surface area contributed by atoms with Crippen molar-refractivity contribution in [3.63, 3.8) is 0 Å². The predicted molar refractivity (Wildman–Crippen MR) is 81.9 cm³/mol. The Morgan fingerprint density at radius 1 is 1.29 bits per heavy atom. The normalized spacial score (nSPS) is 18.8. The second-order valence-electron chi connectivity index (χ2n) is 5.43. The van der Waals surface area contributed by atoms with E-state index in [2.05, 4.69) is 39.1 Å². The maximum atomic E-state index is 5.93. The van der Waals surface area contributed by atoms with Gasteiger partial charge in [-0.15, -0.1) is 0 Å². The van der Waals surface area contributed by atoms with Crippen molar-refractivity contribution in [3.8, 4) is 5.88 Å². The van der Waals surface area contributed by atoms with Crippen LogP contribution in [-0.2, 0) is 6.54 Å². The average molecular weight is 284 g/mol. The number of benzene rings is 1. The van der Waals surface area contributed by atoms with Gasteiger partial charge in [0.2, 0.25) is 5.88 Å². The third kappa shape index (κ3) is 3.70. The van der Waals surface area contributed by atoms with Crippen LogP contribution in [0, 0.1) is 6.92 Å². The third-order valence-corrected chi connectivity index (χ3v) is 3.60. The zero-order chi connectivity index (χ0) is 14.7. The molecule has 1 unspecified atom stereocenters. The molecule has 2 heterocycles. The molecule has 0 spiro atoms. The summed E-state index contributed by atoms with van der Waals surface area (Å²) in [5.41, 5.74) is 7.06. The SMILES string of the molecule is Cc1nc(N)cc(OC2CCN(Cc3ccccc3)C2)n1. The summed E-state index contributed by atoms with van der Waals surface area (Å²) in [6.45, 7) is 4.74. The number of nitrogens with two attached hydrogens (primary N) is 1. The average Bonchev–Trinajstić information content (AvgIpc) is 2.86. The summed E-state index contributed by atoms with van der Waals surface area (Å²) < 4.78 is 5.93. The van der Waals surface area contributed by atoms with E-state index < -0.39 is 0 Å². The van der Waals surface area contributed by atoms with E-state index in [4.69, 9.17) is 10.5 Å². The van der Waals surface area contributed by atoms with Gasteiger partial charge in [-0.05, 0) is 18.9 Å². The predicted octanol–water partition coefficient (Wildman–Crippen LogP) is 2.02. The fraction of sp³-hybridized carbons (Fsp3) is 0.375. The topological polar surface area (TPSA) is 64.3 Å². The van der Waals surface area contributed by atoms with Crippen LogP contribution in [0.5, 0.6) is 5.88 Å². The number of hydrogen-bond donors (Lipinski definition) is 1. The summed E-state index contributed by atoms with van der Waals surface area (Å²) in [5, 5.41) is 0. The molecule has 1 aliphatic heterocycles. The maximum Gasteiger partial charge on any atom is 0.219 e. The number of aryl methyl sites for hydroxylation is 1. The van der Waals surface area contributed by atoms with Gasteiger partial charge in [0.15, 0.2) is 0 Å². The molecule has 3 rings (SSSR count). The Balaban J connectivity index is 1.57. The fourth-order valence-electron chi connectivity index (χ4n) is 2.67. The van der Waals surface area contributed by atoms with Crippen molar-refractivity contribution in [2.45, 2.75) is 26.0 Å². The lowest BCUT2D eigenvalue weighted by Crippen LogP contribution is -2.24.